The molecule has 3 nitrogen and oxygen atoms in total. The van der Waals surface area contributed by atoms with Crippen LogP contribution in [0.25, 0.3) is 0 Å². The molecule has 110 valence electrons. The first-order chi connectivity index (χ1) is 10.2. The van der Waals surface area contributed by atoms with Crippen molar-refractivity contribution in [2.75, 3.05) is 13.7 Å². The summed E-state index contributed by atoms with van der Waals surface area (Å²) in [6.07, 6.45) is 0.959. The van der Waals surface area contributed by atoms with Crippen LogP contribution in [0.1, 0.15) is 29.3 Å². The summed E-state index contributed by atoms with van der Waals surface area (Å²) in [5.41, 5.74) is 1.25. The number of ether oxygens (including phenoxy) is 2. The lowest BCUT2D eigenvalue weighted by molar-refractivity contribution is 0.103. The highest BCUT2D eigenvalue weighted by molar-refractivity contribution is 9.10. The van der Waals surface area contributed by atoms with Gasteiger partial charge in [0.15, 0.2) is 5.78 Å². The van der Waals surface area contributed by atoms with Crippen LogP contribution in [0.2, 0.25) is 0 Å². The molecule has 0 aliphatic heterocycles. The second-order valence-corrected chi connectivity index (χ2v) is 5.41. The number of carbonyl (C=O) groups excluding carboxylic acids is 1. The van der Waals surface area contributed by atoms with Crippen molar-refractivity contribution in [3.8, 4) is 11.5 Å². The van der Waals surface area contributed by atoms with Crippen molar-refractivity contribution in [3.63, 3.8) is 0 Å². The molecule has 0 spiro atoms. The number of hydrogen-bond donors (Lipinski definition) is 0. The molecule has 0 heterocycles. The minimum Gasteiger partial charge on any atom is -0.496 e. The summed E-state index contributed by atoms with van der Waals surface area (Å²) in [7, 11) is 1.59. The highest BCUT2D eigenvalue weighted by Gasteiger charge is 2.11. The van der Waals surface area contributed by atoms with Crippen LogP contribution in [0.4, 0.5) is 0 Å². The van der Waals surface area contributed by atoms with E-state index in [9.17, 15) is 4.79 Å². The monoisotopic (exact) mass is 348 g/mol. The Hall–Kier alpha value is -1.81. The van der Waals surface area contributed by atoms with Crippen LogP contribution in [0.3, 0.4) is 0 Å². The molecule has 0 N–H and O–H groups in total. The Morgan fingerprint density at radius 2 is 1.76 bits per heavy atom. The Kier molecular flexibility index (Phi) is 5.39. The topological polar surface area (TPSA) is 35.5 Å². The number of ketones is 1. The third-order valence-electron chi connectivity index (χ3n) is 3.00. The fourth-order valence-electron chi connectivity index (χ4n) is 1.90. The summed E-state index contributed by atoms with van der Waals surface area (Å²) in [4.78, 5) is 12.4. The Morgan fingerprint density at radius 1 is 1.10 bits per heavy atom. The second kappa shape index (κ2) is 7.27. The number of halogens is 1. The average molecular weight is 349 g/mol. The molecule has 21 heavy (non-hydrogen) atoms. The molecule has 4 heteroatoms. The zero-order valence-electron chi connectivity index (χ0n) is 12.1. The number of carbonyl (C=O) groups is 1. The van der Waals surface area contributed by atoms with Crippen LogP contribution >= 0.6 is 15.9 Å². The Morgan fingerprint density at radius 3 is 2.33 bits per heavy atom. The Labute approximate surface area is 133 Å². The van der Waals surface area contributed by atoms with Gasteiger partial charge in [0.2, 0.25) is 0 Å². The van der Waals surface area contributed by atoms with E-state index in [-0.39, 0.29) is 5.78 Å². The van der Waals surface area contributed by atoms with Crippen molar-refractivity contribution >= 4 is 21.7 Å². The van der Waals surface area contributed by atoms with Gasteiger partial charge in [-0.25, -0.2) is 0 Å². The normalized spacial score (nSPS) is 10.2. The van der Waals surface area contributed by atoms with Gasteiger partial charge in [-0.2, -0.15) is 0 Å². The first-order valence-electron chi connectivity index (χ1n) is 6.76. The maximum atomic E-state index is 12.4. The predicted molar refractivity (Wildman–Crippen MR) is 86.4 cm³/mol. The first kappa shape index (κ1) is 15.6. The molecule has 0 fully saturated rings. The SMILES string of the molecule is CCCOc1ccc(C(=O)c2ccc(OC)c(Br)c2)cc1. The minimum atomic E-state index is -0.0274. The largest absolute Gasteiger partial charge is 0.496 e. The van der Waals surface area contributed by atoms with Crippen molar-refractivity contribution in [3.05, 3.63) is 58.1 Å². The van der Waals surface area contributed by atoms with E-state index in [1.165, 1.54) is 0 Å². The maximum Gasteiger partial charge on any atom is 0.193 e. The van der Waals surface area contributed by atoms with Crippen LogP contribution in [0.5, 0.6) is 11.5 Å². The smallest absolute Gasteiger partial charge is 0.193 e. The van der Waals surface area contributed by atoms with E-state index in [2.05, 4.69) is 22.9 Å². The van der Waals surface area contributed by atoms with Crippen molar-refractivity contribution in [2.45, 2.75) is 13.3 Å². The highest BCUT2D eigenvalue weighted by Crippen LogP contribution is 2.26. The fourth-order valence-corrected chi connectivity index (χ4v) is 2.44. The summed E-state index contributed by atoms with van der Waals surface area (Å²) in [6.45, 7) is 2.73. The van der Waals surface area contributed by atoms with Gasteiger partial charge < -0.3 is 9.47 Å². The minimum absolute atomic E-state index is 0.0274. The molecular formula is C17H17BrO3. The summed E-state index contributed by atoms with van der Waals surface area (Å²) in [5.74, 6) is 1.46. The predicted octanol–water partition coefficient (Wildman–Crippen LogP) is 4.48. The van der Waals surface area contributed by atoms with Crippen molar-refractivity contribution in [1.82, 2.24) is 0 Å². The molecule has 0 aliphatic rings. The fraction of sp³-hybridized carbons (Fsp3) is 0.235. The van der Waals surface area contributed by atoms with E-state index < -0.39 is 0 Å². The Balaban J connectivity index is 2.17. The van der Waals surface area contributed by atoms with Gasteiger partial charge in [0.05, 0.1) is 18.2 Å². The molecule has 0 saturated carbocycles. The third-order valence-corrected chi connectivity index (χ3v) is 3.62. The molecule has 0 aliphatic carbocycles. The maximum absolute atomic E-state index is 12.4. The van der Waals surface area contributed by atoms with Crippen molar-refractivity contribution in [1.29, 1.82) is 0 Å². The molecule has 0 bridgehead atoms. The van der Waals surface area contributed by atoms with Crippen LogP contribution in [-0.2, 0) is 0 Å². The summed E-state index contributed by atoms with van der Waals surface area (Å²) >= 11 is 3.39. The average Bonchev–Trinajstić information content (AvgIpc) is 2.52. The van der Waals surface area contributed by atoms with Crippen LogP contribution < -0.4 is 9.47 Å². The lowest BCUT2D eigenvalue weighted by atomic mass is 10.0. The molecule has 0 amide bonds. The molecule has 0 atom stereocenters. The lowest BCUT2D eigenvalue weighted by Gasteiger charge is -2.07. The zero-order valence-corrected chi connectivity index (χ0v) is 13.6. The van der Waals surface area contributed by atoms with Crippen LogP contribution in [0.15, 0.2) is 46.9 Å². The van der Waals surface area contributed by atoms with Gasteiger partial charge in [0.25, 0.3) is 0 Å². The molecule has 0 saturated heterocycles. The molecule has 2 aromatic carbocycles. The number of hydrogen-bond acceptors (Lipinski definition) is 3. The van der Waals surface area contributed by atoms with Crippen LogP contribution in [-0.4, -0.2) is 19.5 Å². The number of benzene rings is 2. The summed E-state index contributed by atoms with van der Waals surface area (Å²) in [5, 5.41) is 0. The number of methoxy groups -OCH3 is 1. The molecule has 0 aromatic heterocycles. The summed E-state index contributed by atoms with van der Waals surface area (Å²) < 4.78 is 11.4. The van der Waals surface area contributed by atoms with Gasteiger partial charge >= 0.3 is 0 Å². The quantitative estimate of drug-likeness (QED) is 0.722. The van der Waals surface area contributed by atoms with Gasteiger partial charge in [0, 0.05) is 11.1 Å². The van der Waals surface area contributed by atoms with Gasteiger partial charge in [-0.15, -0.1) is 0 Å². The zero-order chi connectivity index (χ0) is 15.2. The molecule has 0 radical (unpaired) electrons. The molecular weight excluding hydrogens is 332 g/mol. The molecule has 2 aromatic rings. The van der Waals surface area contributed by atoms with E-state index in [4.69, 9.17) is 9.47 Å². The lowest BCUT2D eigenvalue weighted by Crippen LogP contribution is -2.02. The van der Waals surface area contributed by atoms with Crippen LogP contribution in [0, 0.1) is 0 Å². The van der Waals surface area contributed by atoms with Crippen molar-refractivity contribution < 1.29 is 14.3 Å². The number of rotatable bonds is 6. The van der Waals surface area contributed by atoms with Gasteiger partial charge in [-0.05, 0) is 64.8 Å². The van der Waals surface area contributed by atoms with E-state index in [0.29, 0.717) is 23.5 Å². The standard InChI is InChI=1S/C17H17BrO3/c1-3-10-21-14-7-4-12(5-8-14)17(19)13-6-9-16(20-2)15(18)11-13/h4-9,11H,3,10H2,1-2H3. The molecule has 2 rings (SSSR count). The second-order valence-electron chi connectivity index (χ2n) is 4.55. The molecule has 0 unspecified atom stereocenters. The summed E-state index contributed by atoms with van der Waals surface area (Å²) in [6, 6.07) is 12.5. The highest BCUT2D eigenvalue weighted by atomic mass is 79.9. The van der Waals surface area contributed by atoms with Gasteiger partial charge in [-0.1, -0.05) is 6.92 Å². The third kappa shape index (κ3) is 3.85. The van der Waals surface area contributed by atoms with E-state index >= 15 is 0 Å². The van der Waals surface area contributed by atoms with E-state index in [1.54, 1.807) is 37.4 Å². The van der Waals surface area contributed by atoms with E-state index in [1.807, 2.05) is 12.1 Å². The van der Waals surface area contributed by atoms with Gasteiger partial charge in [-0.3, -0.25) is 4.79 Å². The van der Waals surface area contributed by atoms with E-state index in [0.717, 1.165) is 16.6 Å². The first-order valence-corrected chi connectivity index (χ1v) is 7.56. The Bertz CT molecular complexity index is 620. The van der Waals surface area contributed by atoms with Crippen molar-refractivity contribution in [2.24, 2.45) is 0 Å². The van der Waals surface area contributed by atoms with Gasteiger partial charge in [0.1, 0.15) is 11.5 Å².